The first-order valence-electron chi connectivity index (χ1n) is 6.29. The molecular formula is C12H14N4O3S3. The van der Waals surface area contributed by atoms with Gasteiger partial charge in [0.15, 0.2) is 4.34 Å². The van der Waals surface area contributed by atoms with E-state index < -0.39 is 5.97 Å². The Labute approximate surface area is 139 Å². The molecule has 1 amide bonds. The Morgan fingerprint density at radius 1 is 1.41 bits per heavy atom. The van der Waals surface area contributed by atoms with Gasteiger partial charge in [-0.3, -0.25) is 4.79 Å². The summed E-state index contributed by atoms with van der Waals surface area (Å²) in [6, 6.07) is 1.67. The highest BCUT2D eigenvalue weighted by molar-refractivity contribution is 8.01. The van der Waals surface area contributed by atoms with Gasteiger partial charge in [-0.15, -0.1) is 21.5 Å². The quantitative estimate of drug-likeness (QED) is 0.580. The first-order valence-corrected chi connectivity index (χ1v) is 8.98. The number of amides is 1. The molecule has 0 spiro atoms. The third kappa shape index (κ3) is 4.42. The Hall–Kier alpha value is -1.65. The van der Waals surface area contributed by atoms with Gasteiger partial charge in [-0.1, -0.05) is 23.1 Å². The van der Waals surface area contributed by atoms with Crippen molar-refractivity contribution in [2.24, 2.45) is 0 Å². The summed E-state index contributed by atoms with van der Waals surface area (Å²) in [7, 11) is 1.31. The number of hydrogen-bond donors (Lipinski definition) is 2. The van der Waals surface area contributed by atoms with Crippen molar-refractivity contribution >= 4 is 57.1 Å². The second-order valence-corrected chi connectivity index (χ2v) is 7.01. The van der Waals surface area contributed by atoms with Crippen molar-refractivity contribution in [1.82, 2.24) is 10.2 Å². The monoisotopic (exact) mass is 358 g/mol. The van der Waals surface area contributed by atoms with E-state index in [1.54, 1.807) is 11.4 Å². The summed E-state index contributed by atoms with van der Waals surface area (Å²) < 4.78 is 5.38. The fraction of sp³-hybridized carbons (Fsp3) is 0.333. The summed E-state index contributed by atoms with van der Waals surface area (Å²) in [4.78, 5) is 23.9. The number of methoxy groups -OCH3 is 1. The summed E-state index contributed by atoms with van der Waals surface area (Å²) in [5.74, 6) is -0.483. The van der Waals surface area contributed by atoms with Crippen LogP contribution in [0.15, 0.2) is 15.8 Å². The van der Waals surface area contributed by atoms with Crippen LogP contribution < -0.4 is 10.6 Å². The van der Waals surface area contributed by atoms with Crippen LogP contribution in [0.1, 0.15) is 16.6 Å². The van der Waals surface area contributed by atoms with Gasteiger partial charge in [0.1, 0.15) is 4.88 Å². The largest absolute Gasteiger partial charge is 0.465 e. The van der Waals surface area contributed by atoms with Crippen molar-refractivity contribution in [2.45, 2.75) is 11.3 Å². The number of rotatable bonds is 7. The maximum absolute atomic E-state index is 11.9. The van der Waals surface area contributed by atoms with Crippen molar-refractivity contribution in [3.63, 3.8) is 0 Å². The van der Waals surface area contributed by atoms with Gasteiger partial charge in [-0.25, -0.2) is 4.79 Å². The number of ether oxygens (including phenoxy) is 1. The minimum Gasteiger partial charge on any atom is -0.465 e. The third-order valence-corrected chi connectivity index (χ3v) is 5.28. The van der Waals surface area contributed by atoms with Crippen molar-refractivity contribution in [3.05, 3.63) is 16.3 Å². The Morgan fingerprint density at radius 2 is 2.23 bits per heavy atom. The van der Waals surface area contributed by atoms with Crippen LogP contribution in [0.25, 0.3) is 0 Å². The van der Waals surface area contributed by atoms with E-state index in [-0.39, 0.29) is 11.7 Å². The van der Waals surface area contributed by atoms with Crippen molar-refractivity contribution in [1.29, 1.82) is 0 Å². The molecule has 118 valence electrons. The summed E-state index contributed by atoms with van der Waals surface area (Å²) >= 11 is 3.92. The smallest absolute Gasteiger partial charge is 0.350 e. The molecular weight excluding hydrogens is 344 g/mol. The minimum atomic E-state index is -0.461. The van der Waals surface area contributed by atoms with E-state index in [9.17, 15) is 9.59 Å². The van der Waals surface area contributed by atoms with Gasteiger partial charge < -0.3 is 15.4 Å². The number of nitrogens with zero attached hydrogens (tertiary/aromatic N) is 2. The van der Waals surface area contributed by atoms with Crippen molar-refractivity contribution < 1.29 is 14.3 Å². The Bertz CT molecular complexity index is 656. The molecule has 0 radical (unpaired) electrons. The first kappa shape index (κ1) is 16.7. The molecule has 0 bridgehead atoms. The predicted molar refractivity (Wildman–Crippen MR) is 89.1 cm³/mol. The number of hydrogen-bond acceptors (Lipinski definition) is 9. The van der Waals surface area contributed by atoms with E-state index in [1.807, 2.05) is 6.92 Å². The maximum atomic E-state index is 11.9. The molecule has 2 N–H and O–H groups in total. The zero-order chi connectivity index (χ0) is 15.9. The average molecular weight is 358 g/mol. The van der Waals surface area contributed by atoms with Gasteiger partial charge in [-0.05, 0) is 18.4 Å². The molecule has 2 rings (SSSR count). The zero-order valence-corrected chi connectivity index (χ0v) is 14.4. The predicted octanol–water partition coefficient (Wildman–Crippen LogP) is 2.55. The van der Waals surface area contributed by atoms with Gasteiger partial charge >= 0.3 is 5.97 Å². The molecule has 7 nitrogen and oxygen atoms in total. The highest BCUT2D eigenvalue weighted by atomic mass is 32.2. The second-order valence-electron chi connectivity index (χ2n) is 3.90. The second kappa shape index (κ2) is 8.11. The lowest BCUT2D eigenvalue weighted by atomic mass is 10.4. The number of thiophene rings is 1. The fourth-order valence-corrected chi connectivity index (χ4v) is 3.85. The molecule has 0 unspecified atom stereocenters. The number of thioether (sulfide) groups is 1. The number of carbonyl (C=O) groups is 2. The lowest BCUT2D eigenvalue weighted by molar-refractivity contribution is -0.113. The standard InChI is InChI=1S/C12H14N4O3S3/c1-3-13-11-15-16-12(22-11)21-6-8(17)14-7-4-5-20-9(7)10(18)19-2/h4-5H,3,6H2,1-2H3,(H,13,15)(H,14,17). The number of esters is 1. The molecule has 2 aromatic heterocycles. The van der Waals surface area contributed by atoms with E-state index in [2.05, 4.69) is 25.6 Å². The highest BCUT2D eigenvalue weighted by Gasteiger charge is 2.16. The van der Waals surface area contributed by atoms with Crippen molar-refractivity contribution in [3.8, 4) is 0 Å². The number of aromatic nitrogens is 2. The molecule has 0 aliphatic heterocycles. The molecule has 0 fully saturated rings. The molecule has 22 heavy (non-hydrogen) atoms. The van der Waals surface area contributed by atoms with E-state index in [1.165, 1.54) is 41.5 Å². The van der Waals surface area contributed by atoms with Crippen LogP contribution in [-0.2, 0) is 9.53 Å². The minimum absolute atomic E-state index is 0.192. The van der Waals surface area contributed by atoms with Gasteiger partial charge in [0.05, 0.1) is 18.6 Å². The third-order valence-electron chi connectivity index (χ3n) is 2.37. The molecule has 0 aromatic carbocycles. The molecule has 10 heteroatoms. The van der Waals surface area contributed by atoms with Crippen LogP contribution >= 0.6 is 34.4 Å². The van der Waals surface area contributed by atoms with Crippen LogP contribution in [0.2, 0.25) is 0 Å². The van der Waals surface area contributed by atoms with Gasteiger partial charge in [0.2, 0.25) is 11.0 Å². The van der Waals surface area contributed by atoms with Gasteiger partial charge in [0.25, 0.3) is 0 Å². The molecule has 2 heterocycles. The number of carbonyl (C=O) groups excluding carboxylic acids is 2. The molecule has 2 aromatic rings. The molecule has 0 saturated heterocycles. The maximum Gasteiger partial charge on any atom is 0.350 e. The van der Waals surface area contributed by atoms with E-state index in [0.29, 0.717) is 14.9 Å². The molecule has 0 atom stereocenters. The summed E-state index contributed by atoms with van der Waals surface area (Å²) in [5, 5.41) is 16.1. The van der Waals surface area contributed by atoms with Crippen LogP contribution in [0.4, 0.5) is 10.8 Å². The number of nitrogens with one attached hydrogen (secondary N) is 2. The van der Waals surface area contributed by atoms with Crippen LogP contribution in [0.3, 0.4) is 0 Å². The summed E-state index contributed by atoms with van der Waals surface area (Å²) in [5.41, 5.74) is 0.466. The topological polar surface area (TPSA) is 93.2 Å². The van der Waals surface area contributed by atoms with E-state index >= 15 is 0 Å². The Morgan fingerprint density at radius 3 is 2.95 bits per heavy atom. The fourth-order valence-electron chi connectivity index (χ4n) is 1.46. The lowest BCUT2D eigenvalue weighted by Gasteiger charge is -2.04. The molecule has 0 saturated carbocycles. The SMILES string of the molecule is CCNc1nnc(SCC(=O)Nc2ccsc2C(=O)OC)s1. The van der Waals surface area contributed by atoms with Crippen LogP contribution in [0.5, 0.6) is 0 Å². The summed E-state index contributed by atoms with van der Waals surface area (Å²) in [6.45, 7) is 2.75. The molecule has 0 aliphatic carbocycles. The Balaban J connectivity index is 1.87. The van der Waals surface area contributed by atoms with Crippen LogP contribution in [-0.4, -0.2) is 41.5 Å². The van der Waals surface area contributed by atoms with E-state index in [0.717, 1.165) is 11.7 Å². The molecule has 0 aliphatic rings. The van der Waals surface area contributed by atoms with Crippen molar-refractivity contribution in [2.75, 3.05) is 30.0 Å². The lowest BCUT2D eigenvalue weighted by Crippen LogP contribution is -2.15. The first-order chi connectivity index (χ1) is 10.6. The van der Waals surface area contributed by atoms with E-state index in [4.69, 9.17) is 0 Å². The van der Waals surface area contributed by atoms with Gasteiger partial charge in [0, 0.05) is 6.54 Å². The van der Waals surface area contributed by atoms with Crippen LogP contribution in [0, 0.1) is 0 Å². The highest BCUT2D eigenvalue weighted by Crippen LogP contribution is 2.26. The average Bonchev–Trinajstić information content (AvgIpc) is 3.14. The summed E-state index contributed by atoms with van der Waals surface area (Å²) in [6.07, 6.45) is 0. The van der Waals surface area contributed by atoms with Gasteiger partial charge in [-0.2, -0.15) is 0 Å². The Kier molecular flexibility index (Phi) is 6.16. The zero-order valence-electron chi connectivity index (χ0n) is 11.9. The normalized spacial score (nSPS) is 10.3. The number of anilines is 2.